The van der Waals surface area contributed by atoms with E-state index in [0.29, 0.717) is 11.1 Å². The molecule has 0 radical (unpaired) electrons. The summed E-state index contributed by atoms with van der Waals surface area (Å²) in [6, 6.07) is 12.3. The second-order valence-corrected chi connectivity index (χ2v) is 6.29. The Kier molecular flexibility index (Phi) is 4.26. The van der Waals surface area contributed by atoms with Gasteiger partial charge in [0, 0.05) is 6.54 Å². The van der Waals surface area contributed by atoms with Gasteiger partial charge in [-0.25, -0.2) is 9.88 Å². The SMILES string of the molecule is O=c1c(NCc2cccc(O)c2)c(N(c2nc3ccccc3[nH]2)C(F)(F)F)c1=O. The first kappa shape index (κ1) is 18.5. The highest BCUT2D eigenvalue weighted by Crippen LogP contribution is 2.37. The van der Waals surface area contributed by atoms with Crippen LogP contribution in [0.15, 0.2) is 58.1 Å². The molecule has 148 valence electrons. The number of para-hydroxylation sites is 2. The lowest BCUT2D eigenvalue weighted by Crippen LogP contribution is -2.46. The number of rotatable bonds is 5. The number of hydrogen-bond donors (Lipinski definition) is 3. The number of nitrogens with zero attached hydrogens (tertiary/aromatic N) is 2. The number of phenolic OH excluding ortho intramolecular Hbond substituents is 1. The Bertz CT molecular complexity index is 1240. The van der Waals surface area contributed by atoms with Gasteiger partial charge >= 0.3 is 6.30 Å². The van der Waals surface area contributed by atoms with Gasteiger partial charge in [0.05, 0.1) is 11.0 Å². The smallest absolute Gasteiger partial charge is 0.491 e. The number of benzene rings is 2. The standard InChI is InChI=1S/C19H13F3N4O3/c20-19(21,22)26(18-24-12-6-1-2-7-13(12)25-18)15-14(16(28)17(15)29)23-9-10-4-3-5-11(27)8-10/h1-8,23,27H,9H2,(H,24,25). The van der Waals surface area contributed by atoms with Gasteiger partial charge in [0.25, 0.3) is 10.9 Å². The first-order valence-corrected chi connectivity index (χ1v) is 8.42. The van der Waals surface area contributed by atoms with E-state index in [-0.39, 0.29) is 22.7 Å². The van der Waals surface area contributed by atoms with Crippen LogP contribution in [-0.4, -0.2) is 21.4 Å². The number of anilines is 3. The third-order valence-corrected chi connectivity index (χ3v) is 4.33. The molecule has 0 aliphatic rings. The van der Waals surface area contributed by atoms with Gasteiger partial charge in [-0.05, 0) is 29.8 Å². The zero-order valence-corrected chi connectivity index (χ0v) is 14.6. The summed E-state index contributed by atoms with van der Waals surface area (Å²) in [5.74, 6) is -0.653. The number of imidazole rings is 1. The van der Waals surface area contributed by atoms with Gasteiger partial charge in [0.15, 0.2) is 0 Å². The van der Waals surface area contributed by atoms with Gasteiger partial charge in [-0.15, -0.1) is 13.2 Å². The maximum atomic E-state index is 13.8. The minimum absolute atomic E-state index is 0.0336. The molecule has 0 saturated heterocycles. The van der Waals surface area contributed by atoms with E-state index in [1.807, 2.05) is 0 Å². The number of nitrogens with one attached hydrogen (secondary N) is 2. The average Bonchev–Trinajstić information content (AvgIpc) is 3.09. The molecule has 0 aliphatic carbocycles. The predicted molar refractivity (Wildman–Crippen MR) is 101 cm³/mol. The largest absolute Gasteiger partial charge is 0.508 e. The Balaban J connectivity index is 1.73. The van der Waals surface area contributed by atoms with Crippen LogP contribution < -0.4 is 21.1 Å². The van der Waals surface area contributed by atoms with Crippen LogP contribution in [0.25, 0.3) is 11.0 Å². The highest BCUT2D eigenvalue weighted by Gasteiger charge is 2.45. The summed E-state index contributed by atoms with van der Waals surface area (Å²) >= 11 is 0. The van der Waals surface area contributed by atoms with Gasteiger partial charge in [0.2, 0.25) is 5.95 Å². The molecule has 7 nitrogen and oxygen atoms in total. The van der Waals surface area contributed by atoms with Crippen molar-refractivity contribution in [1.29, 1.82) is 0 Å². The van der Waals surface area contributed by atoms with E-state index in [2.05, 4.69) is 15.3 Å². The van der Waals surface area contributed by atoms with Crippen molar-refractivity contribution in [3.63, 3.8) is 0 Å². The van der Waals surface area contributed by atoms with Crippen LogP contribution in [-0.2, 0) is 6.54 Å². The van der Waals surface area contributed by atoms with E-state index in [0.717, 1.165) is 0 Å². The fourth-order valence-electron chi connectivity index (χ4n) is 3.01. The molecular formula is C19H13F3N4O3. The van der Waals surface area contributed by atoms with Gasteiger partial charge < -0.3 is 15.4 Å². The van der Waals surface area contributed by atoms with E-state index < -0.39 is 34.5 Å². The zero-order valence-electron chi connectivity index (χ0n) is 14.6. The first-order chi connectivity index (χ1) is 13.8. The Hall–Kier alpha value is -3.82. The summed E-state index contributed by atoms with van der Waals surface area (Å²) < 4.78 is 41.4. The lowest BCUT2D eigenvalue weighted by molar-refractivity contribution is -0.121. The van der Waals surface area contributed by atoms with Crippen molar-refractivity contribution in [2.75, 3.05) is 10.2 Å². The second kappa shape index (κ2) is 6.66. The Labute approximate surface area is 160 Å². The van der Waals surface area contributed by atoms with Crippen molar-refractivity contribution in [2.24, 2.45) is 0 Å². The van der Waals surface area contributed by atoms with Gasteiger partial charge in [-0.3, -0.25) is 9.59 Å². The van der Waals surface area contributed by atoms with Crippen molar-refractivity contribution >= 4 is 28.4 Å². The molecule has 0 spiro atoms. The third-order valence-electron chi connectivity index (χ3n) is 4.33. The number of fused-ring (bicyclic) bond motifs is 1. The Morgan fingerprint density at radius 1 is 1.07 bits per heavy atom. The van der Waals surface area contributed by atoms with E-state index in [1.165, 1.54) is 18.2 Å². The van der Waals surface area contributed by atoms with Crippen molar-refractivity contribution in [3.05, 3.63) is 74.5 Å². The number of hydrogen-bond acceptors (Lipinski definition) is 6. The molecule has 3 aromatic carbocycles. The maximum absolute atomic E-state index is 13.8. The first-order valence-electron chi connectivity index (χ1n) is 8.42. The lowest BCUT2D eigenvalue weighted by atomic mass is 10.1. The summed E-state index contributed by atoms with van der Waals surface area (Å²) in [6.07, 6.45) is -5.00. The summed E-state index contributed by atoms with van der Waals surface area (Å²) in [7, 11) is 0. The van der Waals surface area contributed by atoms with Crippen molar-refractivity contribution in [2.45, 2.75) is 12.8 Å². The highest BCUT2D eigenvalue weighted by atomic mass is 19.4. The zero-order chi connectivity index (χ0) is 20.8. The monoisotopic (exact) mass is 402 g/mol. The maximum Gasteiger partial charge on any atom is 0.491 e. The van der Waals surface area contributed by atoms with Crippen molar-refractivity contribution < 1.29 is 18.3 Å². The number of aromatic hydroxyl groups is 1. The molecule has 1 heterocycles. The predicted octanol–water partition coefficient (Wildman–Crippen LogP) is 3.13. The highest BCUT2D eigenvalue weighted by molar-refractivity contribution is 5.83. The molecular weight excluding hydrogens is 389 g/mol. The normalized spacial score (nSPS) is 11.8. The van der Waals surface area contributed by atoms with Crippen LogP contribution in [0.1, 0.15) is 5.56 Å². The number of phenols is 1. The van der Waals surface area contributed by atoms with Crippen molar-refractivity contribution in [3.8, 4) is 5.75 Å². The molecule has 0 amide bonds. The lowest BCUT2D eigenvalue weighted by Gasteiger charge is -2.27. The van der Waals surface area contributed by atoms with E-state index in [9.17, 15) is 27.9 Å². The van der Waals surface area contributed by atoms with Crippen LogP contribution in [0.4, 0.5) is 30.5 Å². The Morgan fingerprint density at radius 2 is 1.83 bits per heavy atom. The Morgan fingerprint density at radius 3 is 2.52 bits per heavy atom. The number of aromatic nitrogens is 2. The van der Waals surface area contributed by atoms with Crippen LogP contribution in [0.2, 0.25) is 0 Å². The molecule has 0 unspecified atom stereocenters. The topological polar surface area (TPSA) is 98.3 Å². The van der Waals surface area contributed by atoms with Crippen LogP contribution in [0.5, 0.6) is 5.75 Å². The third kappa shape index (κ3) is 3.28. The van der Waals surface area contributed by atoms with Gasteiger partial charge in [0.1, 0.15) is 17.1 Å². The fraction of sp³-hybridized carbons (Fsp3) is 0.105. The molecule has 29 heavy (non-hydrogen) atoms. The quantitative estimate of drug-likeness (QED) is 0.351. The van der Waals surface area contributed by atoms with Crippen LogP contribution >= 0.6 is 0 Å². The molecule has 3 N–H and O–H groups in total. The van der Waals surface area contributed by atoms with Gasteiger partial charge in [-0.1, -0.05) is 24.3 Å². The number of alkyl halides is 3. The molecule has 10 heteroatoms. The molecule has 0 fully saturated rings. The molecule has 0 aliphatic heterocycles. The minimum Gasteiger partial charge on any atom is -0.508 e. The molecule has 4 rings (SSSR count). The van der Waals surface area contributed by atoms with Crippen LogP contribution in [0.3, 0.4) is 0 Å². The summed E-state index contributed by atoms with van der Waals surface area (Å²) in [5, 5.41) is 12.0. The second-order valence-electron chi connectivity index (χ2n) is 6.29. The summed E-state index contributed by atoms with van der Waals surface area (Å²) in [5.41, 5.74) is -2.45. The van der Waals surface area contributed by atoms with E-state index in [4.69, 9.17) is 0 Å². The molecule has 1 aromatic heterocycles. The average molecular weight is 402 g/mol. The number of halogens is 3. The minimum atomic E-state index is -5.00. The van der Waals surface area contributed by atoms with E-state index in [1.54, 1.807) is 30.3 Å². The number of H-pyrrole nitrogens is 1. The molecule has 0 saturated carbocycles. The molecule has 0 bridgehead atoms. The van der Waals surface area contributed by atoms with E-state index >= 15 is 0 Å². The summed E-state index contributed by atoms with van der Waals surface area (Å²) in [4.78, 5) is 30.2. The molecule has 0 atom stereocenters. The fourth-order valence-corrected chi connectivity index (χ4v) is 3.01. The molecule has 4 aromatic rings. The van der Waals surface area contributed by atoms with Crippen molar-refractivity contribution in [1.82, 2.24) is 9.97 Å². The number of aromatic amines is 1. The van der Waals surface area contributed by atoms with Gasteiger partial charge in [-0.2, -0.15) is 0 Å². The van der Waals surface area contributed by atoms with Crippen LogP contribution in [0, 0.1) is 0 Å². The summed E-state index contributed by atoms with van der Waals surface area (Å²) in [6.45, 7) is -0.0575.